The molecular formula is H2CoO3V. The Morgan fingerprint density at radius 2 is 1.20 bits per heavy atom. The Bertz CT molecular complexity index is 6.85. The van der Waals surface area contributed by atoms with Crippen molar-refractivity contribution < 1.29 is 50.9 Å². The van der Waals surface area contributed by atoms with Crippen molar-refractivity contribution in [2.45, 2.75) is 0 Å². The van der Waals surface area contributed by atoms with Crippen molar-refractivity contribution in [2.24, 2.45) is 0 Å². The first kappa shape index (κ1) is 16.7. The molecule has 0 heterocycles. The molecule has 0 unspecified atom stereocenters. The molecule has 0 aliphatic rings. The third-order valence-corrected chi connectivity index (χ3v) is 0. The van der Waals surface area contributed by atoms with E-state index in [0.717, 1.165) is 0 Å². The maximum Gasteiger partial charge on any atom is 0 e. The summed E-state index contributed by atoms with van der Waals surface area (Å²) in [4.78, 5) is 0. The molecule has 0 saturated heterocycles. The topological polar surface area (TPSA) is 49.7 Å². The van der Waals surface area contributed by atoms with Gasteiger partial charge in [-0.25, -0.2) is 10.5 Å². The van der Waals surface area contributed by atoms with Gasteiger partial charge in [-0.2, -0.15) is 0 Å². The fourth-order valence-corrected chi connectivity index (χ4v) is 0. The monoisotopic (exact) mass is 160 g/mol. The van der Waals surface area contributed by atoms with E-state index in [-0.39, 0.29) is 35.3 Å². The van der Waals surface area contributed by atoms with Gasteiger partial charge < -0.3 is 0 Å². The van der Waals surface area contributed by atoms with Crippen LogP contribution in [0.3, 0.4) is 0 Å². The first-order valence-electron chi connectivity index (χ1n) is 0.365. The molecule has 2 N–H and O–H groups in total. The summed E-state index contributed by atoms with van der Waals surface area (Å²) in [5.41, 5.74) is 0. The largest absolute Gasteiger partial charge is 0.221 e. The molecule has 0 saturated carbocycles. The molecule has 0 aromatic heterocycles. The molecule has 2 radical (unpaired) electrons. The van der Waals surface area contributed by atoms with Gasteiger partial charge in [0.2, 0.25) is 0 Å². The Labute approximate surface area is 51.3 Å². The Balaban J connectivity index is -0.0000000200. The fourth-order valence-electron chi connectivity index (χ4n) is 0. The van der Waals surface area contributed by atoms with Crippen LogP contribution in [0.15, 0.2) is 0 Å². The Hall–Kier alpha value is 0.971. The minimum absolute atomic E-state index is 0. The second kappa shape index (κ2) is 20.2. The summed E-state index contributed by atoms with van der Waals surface area (Å²) in [6.07, 6.45) is 0. The van der Waals surface area contributed by atoms with Crippen molar-refractivity contribution in [2.75, 3.05) is 0 Å². The van der Waals surface area contributed by atoms with E-state index < -0.39 is 0 Å². The molecule has 5 heavy (non-hydrogen) atoms. The van der Waals surface area contributed by atoms with Crippen molar-refractivity contribution >= 4 is 0 Å². The molecule has 0 aliphatic carbocycles. The van der Waals surface area contributed by atoms with Crippen LogP contribution in [0.4, 0.5) is 0 Å². The summed E-state index contributed by atoms with van der Waals surface area (Å²) in [6.45, 7) is 0. The summed E-state index contributed by atoms with van der Waals surface area (Å²) in [7, 11) is 0. The molecule has 3 nitrogen and oxygen atoms in total. The predicted molar refractivity (Wildman–Crippen MR) is 6.34 cm³/mol. The van der Waals surface area contributed by atoms with Crippen molar-refractivity contribution in [3.8, 4) is 0 Å². The zero-order valence-electron chi connectivity index (χ0n) is 2.08. The van der Waals surface area contributed by atoms with Gasteiger partial charge in [-0.05, 0) is 0 Å². The Morgan fingerprint density at radius 1 is 1.20 bits per heavy atom. The molecule has 0 aromatic rings. The smallest absolute Gasteiger partial charge is 0 e. The third-order valence-electron chi connectivity index (χ3n) is 0. The molecule has 0 atom stereocenters. The van der Waals surface area contributed by atoms with E-state index in [1.54, 1.807) is 0 Å². The Kier molecular flexibility index (Phi) is 67.5. The minimum atomic E-state index is 0. The summed E-state index contributed by atoms with van der Waals surface area (Å²) in [5.74, 6) is 0. The third kappa shape index (κ3) is 46.5. The van der Waals surface area contributed by atoms with Crippen molar-refractivity contribution in [3.63, 3.8) is 0 Å². The van der Waals surface area contributed by atoms with Crippen LogP contribution in [-0.4, -0.2) is 10.5 Å². The Morgan fingerprint density at radius 3 is 1.20 bits per heavy atom. The first-order valence-corrected chi connectivity index (χ1v) is 0.365. The maximum atomic E-state index is 6.62. The summed E-state index contributed by atoms with van der Waals surface area (Å²) < 4.78 is 0. The van der Waals surface area contributed by atoms with Gasteiger partial charge in [0.25, 0.3) is 0 Å². The van der Waals surface area contributed by atoms with Gasteiger partial charge >= 0.3 is 0 Å². The molecule has 34 valence electrons. The first-order chi connectivity index (χ1) is 1.41. The second-order valence-corrected chi connectivity index (χ2v) is 0.0816. The van der Waals surface area contributed by atoms with Crippen molar-refractivity contribution in [1.29, 1.82) is 0 Å². The van der Waals surface area contributed by atoms with Crippen LogP contribution in [-0.2, 0) is 40.4 Å². The van der Waals surface area contributed by atoms with Crippen LogP contribution in [0.1, 0.15) is 0 Å². The molecule has 0 amide bonds. The number of hydrogen-bond acceptors (Lipinski definition) is 3. The van der Waals surface area contributed by atoms with E-state index in [1.165, 1.54) is 0 Å². The average Bonchev–Trinajstić information content (AvgIpc) is 0.918. The summed E-state index contributed by atoms with van der Waals surface area (Å²) in [6, 6.07) is 0. The van der Waals surface area contributed by atoms with E-state index in [1.807, 2.05) is 0 Å². The molecule has 0 aliphatic heterocycles. The molecule has 0 bridgehead atoms. The normalized spacial score (nSPS) is 3.60. The zero-order chi connectivity index (χ0) is 2.71. The van der Waals surface area contributed by atoms with Crippen LogP contribution >= 0.6 is 0 Å². The van der Waals surface area contributed by atoms with Gasteiger partial charge in [0.05, 0.1) is 0 Å². The fraction of sp³-hybridized carbons (Fsp3) is 0. The van der Waals surface area contributed by atoms with E-state index in [0.29, 0.717) is 0 Å². The molecule has 0 rings (SSSR count). The van der Waals surface area contributed by atoms with Gasteiger partial charge in [0, 0.05) is 35.3 Å². The molecule has 5 heteroatoms. The predicted octanol–water partition coefficient (Wildman–Crippen LogP) is -0.0560. The van der Waals surface area contributed by atoms with Crippen LogP contribution in [0.25, 0.3) is 0 Å². The van der Waals surface area contributed by atoms with Gasteiger partial charge in [0.1, 0.15) is 0 Å². The summed E-state index contributed by atoms with van der Waals surface area (Å²) >= 11 is 0. The zero-order valence-corrected chi connectivity index (χ0v) is 4.52. The van der Waals surface area contributed by atoms with Crippen LogP contribution in [0.5, 0.6) is 0 Å². The molecular weight excluding hydrogens is 158 g/mol. The van der Waals surface area contributed by atoms with Gasteiger partial charge in [-0.15, -0.1) is 0 Å². The van der Waals surface area contributed by atoms with E-state index in [9.17, 15) is 0 Å². The van der Waals surface area contributed by atoms with Crippen molar-refractivity contribution in [1.82, 2.24) is 0 Å². The SMILES string of the molecule is OOO.[Co].[V]. The molecule has 0 aromatic carbocycles. The summed E-state index contributed by atoms with van der Waals surface area (Å²) in [5, 5.41) is 15.5. The minimum Gasteiger partial charge on any atom is -0.221 e. The van der Waals surface area contributed by atoms with Crippen LogP contribution in [0.2, 0.25) is 0 Å². The van der Waals surface area contributed by atoms with Crippen molar-refractivity contribution in [3.05, 3.63) is 0 Å². The molecule has 0 spiro atoms. The van der Waals surface area contributed by atoms with Crippen LogP contribution in [0, 0.1) is 0 Å². The van der Waals surface area contributed by atoms with E-state index in [2.05, 4.69) is 5.04 Å². The maximum absolute atomic E-state index is 6.62. The van der Waals surface area contributed by atoms with E-state index in [4.69, 9.17) is 10.5 Å². The second-order valence-electron chi connectivity index (χ2n) is 0.0816. The number of rotatable bonds is 0. The van der Waals surface area contributed by atoms with Gasteiger partial charge in [0.15, 0.2) is 0 Å². The number of hydrogen-bond donors (Lipinski definition) is 2. The standard InChI is InChI=1S/Co.H2O3.V/c;1-3-2;/h;1-2H;. The van der Waals surface area contributed by atoms with Crippen LogP contribution < -0.4 is 0 Å². The van der Waals surface area contributed by atoms with E-state index >= 15 is 0 Å². The molecule has 0 fully saturated rings. The van der Waals surface area contributed by atoms with Gasteiger partial charge in [-0.3, -0.25) is 0 Å². The quantitative estimate of drug-likeness (QED) is 0.385. The average molecular weight is 160 g/mol. The van der Waals surface area contributed by atoms with Gasteiger partial charge in [-0.1, -0.05) is 5.04 Å².